The van der Waals surface area contributed by atoms with Gasteiger partial charge in [0.25, 0.3) is 11.8 Å². The van der Waals surface area contributed by atoms with Gasteiger partial charge >= 0.3 is 0 Å². The smallest absolute Gasteiger partial charge is 0.267 e. The normalized spacial score (nSPS) is 17.7. The molecule has 9 nitrogen and oxygen atoms in total. The van der Waals surface area contributed by atoms with Crippen molar-refractivity contribution < 1.29 is 23.9 Å². The molecule has 2 aromatic carbocycles. The number of nitrogens with zero attached hydrogens (tertiary/aromatic N) is 3. The zero-order valence-corrected chi connectivity index (χ0v) is 18.8. The van der Waals surface area contributed by atoms with Crippen molar-refractivity contribution in [1.82, 2.24) is 14.8 Å². The molecule has 0 unspecified atom stereocenters. The molecule has 33 heavy (non-hydrogen) atoms. The first-order valence-electron chi connectivity index (χ1n) is 10.6. The number of carbonyl (C=O) groups is 3. The molecule has 3 amide bonds. The van der Waals surface area contributed by atoms with Crippen molar-refractivity contribution in [1.29, 1.82) is 0 Å². The summed E-state index contributed by atoms with van der Waals surface area (Å²) in [6, 6.07) is 12.6. The molecule has 0 aliphatic carbocycles. The average Bonchev–Trinajstić information content (AvgIpc) is 3.23. The average molecular weight is 467 g/mol. The largest absolute Gasteiger partial charge is 0.485 e. The SMILES string of the molecule is CC(=O)Nc1nc2ccc(C(=O)N3CCN(C(=O)[C@@H]4COc5ccccc5O4)CC3)cc2s1. The third-order valence-corrected chi connectivity index (χ3v) is 6.51. The molecule has 2 aliphatic rings. The predicted octanol–water partition coefficient (Wildman–Crippen LogP) is 2.38. The topological polar surface area (TPSA) is 101 Å². The first-order valence-corrected chi connectivity index (χ1v) is 11.4. The fourth-order valence-corrected chi connectivity index (χ4v) is 4.87. The molecule has 0 bridgehead atoms. The summed E-state index contributed by atoms with van der Waals surface area (Å²) in [5.41, 5.74) is 1.29. The van der Waals surface area contributed by atoms with Crippen LogP contribution >= 0.6 is 11.3 Å². The van der Waals surface area contributed by atoms with Crippen molar-refractivity contribution in [3.8, 4) is 11.5 Å². The van der Waals surface area contributed by atoms with Gasteiger partial charge in [-0.25, -0.2) is 4.98 Å². The van der Waals surface area contributed by atoms with Gasteiger partial charge in [-0.2, -0.15) is 0 Å². The van der Waals surface area contributed by atoms with Crippen LogP contribution in [0.4, 0.5) is 5.13 Å². The van der Waals surface area contributed by atoms with E-state index >= 15 is 0 Å². The van der Waals surface area contributed by atoms with Crippen LogP contribution in [-0.2, 0) is 9.59 Å². The van der Waals surface area contributed by atoms with Crippen LogP contribution in [0.15, 0.2) is 42.5 Å². The molecule has 3 heterocycles. The van der Waals surface area contributed by atoms with E-state index in [-0.39, 0.29) is 24.3 Å². The number of carbonyl (C=O) groups excluding carboxylic acids is 3. The van der Waals surface area contributed by atoms with Crippen molar-refractivity contribution >= 4 is 44.4 Å². The quantitative estimate of drug-likeness (QED) is 0.636. The van der Waals surface area contributed by atoms with Crippen molar-refractivity contribution in [3.63, 3.8) is 0 Å². The minimum absolute atomic E-state index is 0.0929. The van der Waals surface area contributed by atoms with Gasteiger partial charge in [0.1, 0.15) is 6.61 Å². The molecule has 1 saturated heterocycles. The van der Waals surface area contributed by atoms with Gasteiger partial charge in [-0.3, -0.25) is 14.4 Å². The first-order chi connectivity index (χ1) is 16.0. The van der Waals surface area contributed by atoms with E-state index in [9.17, 15) is 14.4 Å². The Balaban J connectivity index is 1.20. The standard InChI is InChI=1S/C23H22N4O5S/c1-14(28)24-23-25-16-7-6-15(12-20(16)33-23)21(29)26-8-10-27(11-9-26)22(30)19-13-31-17-4-2-3-5-18(17)32-19/h2-7,12,19H,8-11,13H2,1H3,(H,24,25,28)/t19-/m0/s1. The number of amides is 3. The molecule has 170 valence electrons. The van der Waals surface area contributed by atoms with E-state index in [1.807, 2.05) is 18.2 Å². The molecule has 2 aliphatic heterocycles. The van der Waals surface area contributed by atoms with Gasteiger partial charge in [0.15, 0.2) is 16.6 Å². The van der Waals surface area contributed by atoms with Gasteiger partial charge in [-0.05, 0) is 30.3 Å². The van der Waals surface area contributed by atoms with Crippen LogP contribution < -0.4 is 14.8 Å². The van der Waals surface area contributed by atoms with E-state index < -0.39 is 6.10 Å². The Labute approximate surface area is 193 Å². The van der Waals surface area contributed by atoms with Gasteiger partial charge in [0.05, 0.1) is 10.2 Å². The fourth-order valence-electron chi connectivity index (χ4n) is 3.92. The molecule has 0 spiro atoms. The third kappa shape index (κ3) is 4.34. The maximum Gasteiger partial charge on any atom is 0.267 e. The van der Waals surface area contributed by atoms with Gasteiger partial charge < -0.3 is 24.6 Å². The Bertz CT molecular complexity index is 1230. The van der Waals surface area contributed by atoms with Crippen molar-refractivity contribution in [2.45, 2.75) is 13.0 Å². The highest BCUT2D eigenvalue weighted by Crippen LogP contribution is 2.31. The molecule has 5 rings (SSSR count). The number of rotatable bonds is 3. The van der Waals surface area contributed by atoms with Crippen LogP contribution in [0.1, 0.15) is 17.3 Å². The lowest BCUT2D eigenvalue weighted by atomic mass is 10.1. The maximum absolute atomic E-state index is 13.0. The molecule has 1 fully saturated rings. The van der Waals surface area contributed by atoms with Gasteiger partial charge in [-0.1, -0.05) is 23.5 Å². The molecule has 0 saturated carbocycles. The Morgan fingerprint density at radius 3 is 2.52 bits per heavy atom. The molecular weight excluding hydrogens is 444 g/mol. The minimum Gasteiger partial charge on any atom is -0.485 e. The van der Waals surface area contributed by atoms with Crippen LogP contribution in [0.5, 0.6) is 11.5 Å². The zero-order valence-electron chi connectivity index (χ0n) is 17.9. The molecule has 1 N–H and O–H groups in total. The summed E-state index contributed by atoms with van der Waals surface area (Å²) in [5.74, 6) is 0.792. The summed E-state index contributed by atoms with van der Waals surface area (Å²) in [6.45, 7) is 3.34. The van der Waals surface area contributed by atoms with E-state index in [1.54, 1.807) is 34.1 Å². The number of hydrogen-bond donors (Lipinski definition) is 1. The number of fused-ring (bicyclic) bond motifs is 2. The number of benzene rings is 2. The zero-order chi connectivity index (χ0) is 22.9. The van der Waals surface area contributed by atoms with Gasteiger partial charge in [0.2, 0.25) is 12.0 Å². The van der Waals surface area contributed by atoms with E-state index in [0.29, 0.717) is 48.4 Å². The summed E-state index contributed by atoms with van der Waals surface area (Å²) in [6.07, 6.45) is -0.686. The highest BCUT2D eigenvalue weighted by atomic mass is 32.1. The molecule has 1 atom stereocenters. The number of ether oxygens (including phenoxy) is 2. The van der Waals surface area contributed by atoms with E-state index in [4.69, 9.17) is 9.47 Å². The number of hydrogen-bond acceptors (Lipinski definition) is 7. The predicted molar refractivity (Wildman–Crippen MR) is 123 cm³/mol. The fraction of sp³-hybridized carbons (Fsp3) is 0.304. The lowest BCUT2D eigenvalue weighted by Gasteiger charge is -2.37. The lowest BCUT2D eigenvalue weighted by molar-refractivity contribution is -0.142. The number of thiazole rings is 1. The monoisotopic (exact) mass is 466 g/mol. The molecule has 0 radical (unpaired) electrons. The Kier molecular flexibility index (Phi) is 5.59. The number of piperazine rings is 1. The summed E-state index contributed by atoms with van der Waals surface area (Å²) in [7, 11) is 0. The number of aromatic nitrogens is 1. The molecule has 1 aromatic heterocycles. The second-order valence-electron chi connectivity index (χ2n) is 7.86. The first kappa shape index (κ1) is 21.2. The van der Waals surface area contributed by atoms with Crippen molar-refractivity contribution in [2.75, 3.05) is 38.1 Å². The second kappa shape index (κ2) is 8.70. The Morgan fingerprint density at radius 1 is 1.03 bits per heavy atom. The van der Waals surface area contributed by atoms with Gasteiger partial charge in [-0.15, -0.1) is 0 Å². The van der Waals surface area contributed by atoms with E-state index in [2.05, 4.69) is 10.3 Å². The highest BCUT2D eigenvalue weighted by Gasteiger charge is 2.33. The van der Waals surface area contributed by atoms with Crippen LogP contribution in [0.2, 0.25) is 0 Å². The van der Waals surface area contributed by atoms with Crippen molar-refractivity contribution in [2.24, 2.45) is 0 Å². The second-order valence-corrected chi connectivity index (χ2v) is 8.90. The van der Waals surface area contributed by atoms with E-state index in [0.717, 1.165) is 10.2 Å². The Hall–Kier alpha value is -3.66. The van der Waals surface area contributed by atoms with Crippen LogP contribution in [0, 0.1) is 0 Å². The van der Waals surface area contributed by atoms with Gasteiger partial charge in [0, 0.05) is 38.7 Å². The van der Waals surface area contributed by atoms with Crippen molar-refractivity contribution in [3.05, 3.63) is 48.0 Å². The van der Waals surface area contributed by atoms with Crippen LogP contribution in [-0.4, -0.2) is 71.4 Å². The van der Waals surface area contributed by atoms with E-state index in [1.165, 1.54) is 18.3 Å². The summed E-state index contributed by atoms with van der Waals surface area (Å²) in [4.78, 5) is 45.0. The summed E-state index contributed by atoms with van der Waals surface area (Å²) >= 11 is 1.33. The van der Waals surface area contributed by atoms with Crippen LogP contribution in [0.25, 0.3) is 10.2 Å². The molecule has 3 aromatic rings. The number of nitrogens with one attached hydrogen (secondary N) is 1. The van der Waals surface area contributed by atoms with Crippen LogP contribution in [0.3, 0.4) is 0 Å². The Morgan fingerprint density at radius 2 is 1.76 bits per heavy atom. The summed E-state index contributed by atoms with van der Waals surface area (Å²) in [5, 5.41) is 3.18. The minimum atomic E-state index is -0.686. The number of para-hydroxylation sites is 2. The highest BCUT2D eigenvalue weighted by molar-refractivity contribution is 7.22. The number of anilines is 1. The third-order valence-electron chi connectivity index (χ3n) is 5.58. The molecular formula is C23H22N4O5S. The molecule has 10 heteroatoms. The lowest BCUT2D eigenvalue weighted by Crippen LogP contribution is -2.55. The maximum atomic E-state index is 13.0. The summed E-state index contributed by atoms with van der Waals surface area (Å²) < 4.78 is 12.3.